The van der Waals surface area contributed by atoms with Crippen LogP contribution >= 0.6 is 0 Å². The molecule has 1 unspecified atom stereocenters. The van der Waals surface area contributed by atoms with Crippen molar-refractivity contribution in [2.75, 3.05) is 14.1 Å². The second kappa shape index (κ2) is 6.72. The number of amides is 3. The van der Waals surface area contributed by atoms with Crippen molar-refractivity contribution in [1.82, 2.24) is 15.5 Å². The van der Waals surface area contributed by atoms with Crippen LogP contribution in [0.1, 0.15) is 19.3 Å². The second-order valence-electron chi connectivity index (χ2n) is 5.49. The van der Waals surface area contributed by atoms with Gasteiger partial charge in [0.05, 0.1) is 5.70 Å². The van der Waals surface area contributed by atoms with Gasteiger partial charge in [-0.25, -0.2) is 8.78 Å². The number of carbonyl (C=O) groups is 3. The fourth-order valence-corrected chi connectivity index (χ4v) is 2.30. The summed E-state index contributed by atoms with van der Waals surface area (Å²) >= 11 is 0. The van der Waals surface area contributed by atoms with Gasteiger partial charge in [0.15, 0.2) is 11.7 Å². The fourth-order valence-electron chi connectivity index (χ4n) is 2.30. The molecular weight excluding hydrogens is 308 g/mol. The van der Waals surface area contributed by atoms with Crippen LogP contribution in [0, 0.1) is 0 Å². The highest BCUT2D eigenvalue weighted by atomic mass is 19.2. The van der Waals surface area contributed by atoms with Crippen molar-refractivity contribution < 1.29 is 23.2 Å². The summed E-state index contributed by atoms with van der Waals surface area (Å²) < 4.78 is 27.7. The van der Waals surface area contributed by atoms with Crippen LogP contribution in [-0.2, 0) is 14.4 Å². The van der Waals surface area contributed by atoms with E-state index in [0.29, 0.717) is 0 Å². The van der Waals surface area contributed by atoms with E-state index in [-0.39, 0.29) is 30.5 Å². The zero-order valence-corrected chi connectivity index (χ0v) is 12.8. The van der Waals surface area contributed by atoms with E-state index in [4.69, 9.17) is 0 Å². The number of allylic oxidation sites excluding steroid dienone is 3. The van der Waals surface area contributed by atoms with Gasteiger partial charge in [-0.05, 0) is 12.5 Å². The topological polar surface area (TPSA) is 78.5 Å². The molecule has 2 rings (SSSR count). The molecule has 2 N–H and O–H groups in total. The highest BCUT2D eigenvalue weighted by Gasteiger charge is 2.29. The van der Waals surface area contributed by atoms with E-state index in [9.17, 15) is 23.2 Å². The Bertz CT molecular complexity index is 650. The number of rotatable bonds is 3. The molecule has 1 heterocycles. The summed E-state index contributed by atoms with van der Waals surface area (Å²) in [5, 5.41) is 4.54. The predicted octanol–water partition coefficient (Wildman–Crippen LogP) is 0.834. The molecule has 1 fully saturated rings. The molecule has 23 heavy (non-hydrogen) atoms. The first kappa shape index (κ1) is 16.9. The van der Waals surface area contributed by atoms with Gasteiger partial charge < -0.3 is 10.2 Å². The lowest BCUT2D eigenvalue weighted by Crippen LogP contribution is -2.52. The Morgan fingerprint density at radius 3 is 2.65 bits per heavy atom. The molecule has 1 atom stereocenters. The number of piperidine rings is 1. The molecule has 2 aliphatic rings. The average molecular weight is 325 g/mol. The fraction of sp³-hybridized carbons (Fsp3) is 0.400. The van der Waals surface area contributed by atoms with Gasteiger partial charge in [-0.1, -0.05) is 6.08 Å². The number of halogens is 2. The van der Waals surface area contributed by atoms with Crippen LogP contribution in [0.4, 0.5) is 8.78 Å². The van der Waals surface area contributed by atoms with Crippen molar-refractivity contribution in [3.8, 4) is 0 Å². The van der Waals surface area contributed by atoms with Crippen LogP contribution in [0.25, 0.3) is 0 Å². The number of carbonyl (C=O) groups excluding carboxylic acids is 3. The molecule has 0 spiro atoms. The first-order valence-corrected chi connectivity index (χ1v) is 7.08. The van der Waals surface area contributed by atoms with E-state index in [1.54, 1.807) is 14.1 Å². The first-order chi connectivity index (χ1) is 10.8. The highest BCUT2D eigenvalue weighted by molar-refractivity contribution is 6.04. The number of nitrogens with one attached hydrogen (secondary N) is 2. The third-order valence-electron chi connectivity index (χ3n) is 3.61. The Kier molecular flexibility index (Phi) is 4.92. The maximum absolute atomic E-state index is 13.9. The molecule has 1 aliphatic carbocycles. The van der Waals surface area contributed by atoms with E-state index in [1.807, 2.05) is 0 Å². The predicted molar refractivity (Wildman–Crippen MR) is 78.0 cm³/mol. The molecule has 3 amide bonds. The van der Waals surface area contributed by atoms with Crippen molar-refractivity contribution in [2.24, 2.45) is 0 Å². The normalized spacial score (nSPS) is 22.0. The zero-order chi connectivity index (χ0) is 17.1. The van der Waals surface area contributed by atoms with Gasteiger partial charge in [0.1, 0.15) is 6.04 Å². The molecule has 8 heteroatoms. The molecule has 0 aromatic heterocycles. The van der Waals surface area contributed by atoms with Crippen molar-refractivity contribution in [2.45, 2.75) is 25.3 Å². The lowest BCUT2D eigenvalue weighted by Gasteiger charge is -2.22. The van der Waals surface area contributed by atoms with Gasteiger partial charge >= 0.3 is 0 Å². The Morgan fingerprint density at radius 1 is 1.35 bits per heavy atom. The van der Waals surface area contributed by atoms with Crippen molar-refractivity contribution in [3.05, 3.63) is 35.1 Å². The largest absolute Gasteiger partial charge is 0.378 e. The Morgan fingerprint density at radius 2 is 2.04 bits per heavy atom. The van der Waals surface area contributed by atoms with E-state index < -0.39 is 35.4 Å². The average Bonchev–Trinajstić information content (AvgIpc) is 2.62. The van der Waals surface area contributed by atoms with Crippen molar-refractivity contribution in [3.63, 3.8) is 0 Å². The summed E-state index contributed by atoms with van der Waals surface area (Å²) in [6, 6.07) is -0.869. The SMILES string of the molecule is CN(C)C1=C(F)C(F)=CC(C(=O)NC2CCC(=O)NC2=O)=CC1. The molecule has 0 aromatic carbocycles. The Balaban J connectivity index is 2.12. The van der Waals surface area contributed by atoms with Crippen LogP contribution in [0.3, 0.4) is 0 Å². The maximum Gasteiger partial charge on any atom is 0.251 e. The molecule has 1 aliphatic heterocycles. The van der Waals surface area contributed by atoms with Crippen LogP contribution in [0.5, 0.6) is 0 Å². The quantitative estimate of drug-likeness (QED) is 0.754. The molecule has 6 nitrogen and oxygen atoms in total. The molecule has 124 valence electrons. The summed E-state index contributed by atoms with van der Waals surface area (Å²) in [6.45, 7) is 0. The third kappa shape index (κ3) is 3.82. The van der Waals surface area contributed by atoms with Gasteiger partial charge in [-0.2, -0.15) is 0 Å². The van der Waals surface area contributed by atoms with Gasteiger partial charge in [0, 0.05) is 32.5 Å². The molecular formula is C15H17F2N3O3. The summed E-state index contributed by atoms with van der Waals surface area (Å²) in [5.74, 6) is -3.86. The molecule has 0 saturated carbocycles. The van der Waals surface area contributed by atoms with Crippen LogP contribution < -0.4 is 10.6 Å². The zero-order valence-electron chi connectivity index (χ0n) is 12.8. The molecule has 0 bridgehead atoms. The summed E-state index contributed by atoms with van der Waals surface area (Å²) in [6.07, 6.45) is 2.52. The second-order valence-corrected chi connectivity index (χ2v) is 5.49. The summed E-state index contributed by atoms with van der Waals surface area (Å²) in [4.78, 5) is 36.3. The minimum Gasteiger partial charge on any atom is -0.378 e. The number of hydrogen-bond donors (Lipinski definition) is 2. The van der Waals surface area contributed by atoms with E-state index >= 15 is 0 Å². The standard InChI is InChI=1S/C15H17F2N3O3/c1-20(2)11-5-3-8(7-9(16)13(11)17)14(22)18-10-4-6-12(21)19-15(10)23/h3,7,10H,4-6H2,1-2H3,(H,18,22)(H,19,21,23). The number of hydrogen-bond acceptors (Lipinski definition) is 4. The highest BCUT2D eigenvalue weighted by Crippen LogP contribution is 2.27. The van der Waals surface area contributed by atoms with E-state index in [0.717, 1.165) is 6.08 Å². The van der Waals surface area contributed by atoms with Crippen LogP contribution in [0.15, 0.2) is 35.1 Å². The molecule has 1 saturated heterocycles. The van der Waals surface area contributed by atoms with Gasteiger partial charge in [-0.15, -0.1) is 0 Å². The molecule has 0 aromatic rings. The van der Waals surface area contributed by atoms with Gasteiger partial charge in [0.2, 0.25) is 11.8 Å². The van der Waals surface area contributed by atoms with Crippen molar-refractivity contribution >= 4 is 17.7 Å². The maximum atomic E-state index is 13.9. The Hall–Kier alpha value is -2.51. The molecule has 0 radical (unpaired) electrons. The van der Waals surface area contributed by atoms with Gasteiger partial charge in [0.25, 0.3) is 5.91 Å². The van der Waals surface area contributed by atoms with Crippen LogP contribution in [-0.4, -0.2) is 42.8 Å². The van der Waals surface area contributed by atoms with Gasteiger partial charge in [-0.3, -0.25) is 19.7 Å². The lowest BCUT2D eigenvalue weighted by molar-refractivity contribution is -0.136. The minimum atomic E-state index is -1.14. The Labute approximate surface area is 131 Å². The lowest BCUT2D eigenvalue weighted by atomic mass is 10.1. The summed E-state index contributed by atoms with van der Waals surface area (Å²) in [5.41, 5.74) is 0.0433. The van der Waals surface area contributed by atoms with E-state index in [2.05, 4.69) is 10.6 Å². The van der Waals surface area contributed by atoms with E-state index in [1.165, 1.54) is 11.0 Å². The van der Waals surface area contributed by atoms with Crippen LogP contribution in [0.2, 0.25) is 0 Å². The third-order valence-corrected chi connectivity index (χ3v) is 3.61. The summed E-state index contributed by atoms with van der Waals surface area (Å²) in [7, 11) is 3.15. The number of nitrogens with zero attached hydrogens (tertiary/aromatic N) is 1. The minimum absolute atomic E-state index is 0.0425. The number of imide groups is 1. The smallest absolute Gasteiger partial charge is 0.251 e. The first-order valence-electron chi connectivity index (χ1n) is 7.08. The van der Waals surface area contributed by atoms with Crippen molar-refractivity contribution in [1.29, 1.82) is 0 Å². The monoisotopic (exact) mass is 325 g/mol.